The molecular weight excluding hydrogens is 240 g/mol. The van der Waals surface area contributed by atoms with Crippen molar-refractivity contribution >= 4 is 5.97 Å². The van der Waals surface area contributed by atoms with Gasteiger partial charge in [-0.2, -0.15) is 0 Å². The lowest BCUT2D eigenvalue weighted by atomic mass is 10.0. The van der Waals surface area contributed by atoms with Crippen LogP contribution in [-0.2, 0) is 9.53 Å². The molecule has 0 saturated heterocycles. The molecule has 0 fully saturated rings. The summed E-state index contributed by atoms with van der Waals surface area (Å²) in [5, 5.41) is 0. The fourth-order valence-corrected chi connectivity index (χ4v) is 2.10. The average molecular weight is 260 g/mol. The lowest BCUT2D eigenvalue weighted by Crippen LogP contribution is -2.26. The lowest BCUT2D eigenvalue weighted by molar-refractivity contribution is -0.145. The molecule has 3 heteroatoms. The molecule has 2 rings (SSSR count). The number of cyclic esters (lactones) is 1. The van der Waals surface area contributed by atoms with Gasteiger partial charge in [-0.15, -0.1) is 0 Å². The summed E-state index contributed by atoms with van der Waals surface area (Å²) in [6, 6.07) is 6.23. The summed E-state index contributed by atoms with van der Waals surface area (Å²) >= 11 is 0. The van der Waals surface area contributed by atoms with E-state index < -0.39 is 0 Å². The predicted molar refractivity (Wildman–Crippen MR) is 74.4 cm³/mol. The summed E-state index contributed by atoms with van der Waals surface area (Å²) in [5.41, 5.74) is 2.35. The quantitative estimate of drug-likeness (QED) is 0.779. The molecule has 1 aliphatic heterocycles. The van der Waals surface area contributed by atoms with Crippen LogP contribution in [0.5, 0.6) is 5.75 Å². The fraction of sp³-hybridized carbons (Fsp3) is 0.438. The number of carbonyl (C=O) groups is 1. The number of carbonyl (C=O) groups excluding carboxylic acids is 1. The Morgan fingerprint density at radius 1 is 1.42 bits per heavy atom. The number of benzene rings is 1. The highest BCUT2D eigenvalue weighted by Gasteiger charge is 2.17. The van der Waals surface area contributed by atoms with Gasteiger partial charge in [0.25, 0.3) is 0 Å². The number of hydrogen-bond donors (Lipinski definition) is 0. The fourth-order valence-electron chi connectivity index (χ4n) is 2.10. The maximum absolute atomic E-state index is 11.1. The lowest BCUT2D eigenvalue weighted by Gasteiger charge is -2.21. The standard InChI is InChI=1S/C16H20O3/c1-11(2)14-8-7-12(3)9-15(14)18-10-13-5-4-6-16(17)19-13/h4,6-9,11,13H,5,10H2,1-3H3/t13-/m1/s1. The molecule has 102 valence electrons. The zero-order chi connectivity index (χ0) is 13.8. The highest BCUT2D eigenvalue weighted by molar-refractivity contribution is 5.82. The highest BCUT2D eigenvalue weighted by atomic mass is 16.6. The maximum atomic E-state index is 11.1. The molecule has 0 aliphatic carbocycles. The van der Waals surface area contributed by atoms with Gasteiger partial charge in [0.2, 0.25) is 0 Å². The Morgan fingerprint density at radius 2 is 2.21 bits per heavy atom. The summed E-state index contributed by atoms with van der Waals surface area (Å²) in [6.45, 7) is 6.72. The Hall–Kier alpha value is -1.77. The SMILES string of the molecule is Cc1ccc(C(C)C)c(OC[C@H]2CC=CC(=O)O2)c1. The first-order valence-corrected chi connectivity index (χ1v) is 6.66. The van der Waals surface area contributed by atoms with Gasteiger partial charge in [0.15, 0.2) is 0 Å². The normalized spacial score (nSPS) is 18.5. The second kappa shape index (κ2) is 5.91. The summed E-state index contributed by atoms with van der Waals surface area (Å²) in [5.74, 6) is 1.01. The van der Waals surface area contributed by atoms with Gasteiger partial charge >= 0.3 is 5.97 Å². The van der Waals surface area contributed by atoms with E-state index in [-0.39, 0.29) is 12.1 Å². The van der Waals surface area contributed by atoms with Crippen molar-refractivity contribution in [1.82, 2.24) is 0 Å². The second-order valence-electron chi connectivity index (χ2n) is 5.20. The van der Waals surface area contributed by atoms with Gasteiger partial charge < -0.3 is 9.47 Å². The van der Waals surface area contributed by atoms with Crippen molar-refractivity contribution in [1.29, 1.82) is 0 Å². The van der Waals surface area contributed by atoms with Gasteiger partial charge in [0.05, 0.1) is 0 Å². The third kappa shape index (κ3) is 3.60. The van der Waals surface area contributed by atoms with E-state index in [0.717, 1.165) is 5.75 Å². The Morgan fingerprint density at radius 3 is 2.89 bits per heavy atom. The van der Waals surface area contributed by atoms with Crippen LogP contribution in [0.15, 0.2) is 30.4 Å². The van der Waals surface area contributed by atoms with E-state index in [9.17, 15) is 4.79 Å². The minimum absolute atomic E-state index is 0.182. The summed E-state index contributed by atoms with van der Waals surface area (Å²) < 4.78 is 11.0. The molecule has 0 saturated carbocycles. The summed E-state index contributed by atoms with van der Waals surface area (Å²) in [4.78, 5) is 11.1. The monoisotopic (exact) mass is 260 g/mol. The van der Waals surface area contributed by atoms with Crippen LogP contribution in [0.2, 0.25) is 0 Å². The van der Waals surface area contributed by atoms with Crippen molar-refractivity contribution in [3.63, 3.8) is 0 Å². The van der Waals surface area contributed by atoms with E-state index >= 15 is 0 Å². The molecule has 1 aromatic rings. The summed E-state index contributed by atoms with van der Waals surface area (Å²) in [6.07, 6.45) is 3.83. The zero-order valence-corrected chi connectivity index (χ0v) is 11.7. The summed E-state index contributed by atoms with van der Waals surface area (Å²) in [7, 11) is 0. The molecule has 3 nitrogen and oxygen atoms in total. The van der Waals surface area contributed by atoms with E-state index in [1.54, 1.807) is 0 Å². The van der Waals surface area contributed by atoms with E-state index in [1.165, 1.54) is 17.2 Å². The molecule has 0 bridgehead atoms. The Labute approximate surface area is 114 Å². The van der Waals surface area contributed by atoms with Crippen molar-refractivity contribution in [3.05, 3.63) is 41.5 Å². The molecule has 0 radical (unpaired) electrons. The molecule has 0 amide bonds. The first kappa shape index (κ1) is 13.7. The number of esters is 1. The Bertz CT molecular complexity index is 489. The van der Waals surface area contributed by atoms with Crippen LogP contribution in [-0.4, -0.2) is 18.7 Å². The van der Waals surface area contributed by atoms with E-state index in [1.807, 2.05) is 19.1 Å². The first-order chi connectivity index (χ1) is 9.06. The van der Waals surface area contributed by atoms with Crippen molar-refractivity contribution in [3.8, 4) is 5.75 Å². The van der Waals surface area contributed by atoms with Gasteiger partial charge in [0, 0.05) is 12.5 Å². The molecular formula is C16H20O3. The number of aryl methyl sites for hydroxylation is 1. The van der Waals surface area contributed by atoms with Crippen molar-refractivity contribution in [2.75, 3.05) is 6.61 Å². The largest absolute Gasteiger partial charge is 0.489 e. The van der Waals surface area contributed by atoms with Gasteiger partial charge in [-0.25, -0.2) is 4.79 Å². The predicted octanol–water partition coefficient (Wildman–Crippen LogP) is 3.37. The highest BCUT2D eigenvalue weighted by Crippen LogP contribution is 2.28. The minimum Gasteiger partial charge on any atom is -0.489 e. The Kier molecular flexibility index (Phi) is 4.25. The van der Waals surface area contributed by atoms with Crippen molar-refractivity contribution < 1.29 is 14.3 Å². The van der Waals surface area contributed by atoms with Crippen LogP contribution >= 0.6 is 0 Å². The molecule has 0 N–H and O–H groups in total. The van der Waals surface area contributed by atoms with Crippen LogP contribution in [0, 0.1) is 6.92 Å². The smallest absolute Gasteiger partial charge is 0.330 e. The molecule has 1 aliphatic rings. The molecule has 0 spiro atoms. The Balaban J connectivity index is 2.04. The number of rotatable bonds is 4. The van der Waals surface area contributed by atoms with Crippen LogP contribution in [0.1, 0.15) is 37.3 Å². The van der Waals surface area contributed by atoms with E-state index in [4.69, 9.17) is 9.47 Å². The number of hydrogen-bond acceptors (Lipinski definition) is 3. The van der Waals surface area contributed by atoms with Gasteiger partial charge in [-0.3, -0.25) is 0 Å². The second-order valence-corrected chi connectivity index (χ2v) is 5.20. The zero-order valence-electron chi connectivity index (χ0n) is 11.7. The van der Waals surface area contributed by atoms with E-state index in [2.05, 4.69) is 26.0 Å². The molecule has 19 heavy (non-hydrogen) atoms. The molecule has 0 aromatic heterocycles. The van der Waals surface area contributed by atoms with Gasteiger partial charge in [0.1, 0.15) is 18.5 Å². The van der Waals surface area contributed by atoms with Crippen molar-refractivity contribution in [2.24, 2.45) is 0 Å². The van der Waals surface area contributed by atoms with Crippen LogP contribution in [0.25, 0.3) is 0 Å². The maximum Gasteiger partial charge on any atom is 0.330 e. The van der Waals surface area contributed by atoms with Gasteiger partial charge in [-0.1, -0.05) is 32.1 Å². The third-order valence-corrected chi connectivity index (χ3v) is 3.15. The number of ether oxygens (including phenoxy) is 2. The van der Waals surface area contributed by atoms with E-state index in [0.29, 0.717) is 18.9 Å². The van der Waals surface area contributed by atoms with Crippen LogP contribution < -0.4 is 4.74 Å². The third-order valence-electron chi connectivity index (χ3n) is 3.15. The molecule has 0 unspecified atom stereocenters. The molecule has 1 aromatic carbocycles. The minimum atomic E-state index is -0.284. The van der Waals surface area contributed by atoms with Gasteiger partial charge in [-0.05, 0) is 30.0 Å². The van der Waals surface area contributed by atoms with Crippen LogP contribution in [0.4, 0.5) is 0 Å². The molecule has 1 atom stereocenters. The average Bonchev–Trinajstić information content (AvgIpc) is 2.36. The topological polar surface area (TPSA) is 35.5 Å². The van der Waals surface area contributed by atoms with Crippen LogP contribution in [0.3, 0.4) is 0 Å². The first-order valence-electron chi connectivity index (χ1n) is 6.66. The molecule has 1 heterocycles. The van der Waals surface area contributed by atoms with Crippen molar-refractivity contribution in [2.45, 2.75) is 39.2 Å².